The highest BCUT2D eigenvalue weighted by molar-refractivity contribution is 7.89. The van der Waals surface area contributed by atoms with E-state index in [1.54, 1.807) is 12.1 Å². The summed E-state index contributed by atoms with van der Waals surface area (Å²) in [5.41, 5.74) is 6.58. The molecule has 1 aliphatic rings. The first kappa shape index (κ1) is 18.2. The van der Waals surface area contributed by atoms with E-state index >= 15 is 0 Å². The van der Waals surface area contributed by atoms with Crippen LogP contribution >= 0.6 is 12.4 Å². The van der Waals surface area contributed by atoms with Gasteiger partial charge in [-0.25, -0.2) is 13.1 Å². The van der Waals surface area contributed by atoms with Crippen LogP contribution in [0.3, 0.4) is 0 Å². The number of rotatable bonds is 5. The summed E-state index contributed by atoms with van der Waals surface area (Å²) in [4.78, 5) is 0.197. The van der Waals surface area contributed by atoms with Crippen molar-refractivity contribution >= 4 is 22.4 Å². The summed E-state index contributed by atoms with van der Waals surface area (Å²) in [6.45, 7) is 2.37. The van der Waals surface area contributed by atoms with Crippen LogP contribution in [0, 0.1) is 12.8 Å². The Kier molecular flexibility index (Phi) is 6.46. The van der Waals surface area contributed by atoms with Crippen molar-refractivity contribution in [3.8, 4) is 5.75 Å². The topological polar surface area (TPSA) is 81.4 Å². The molecule has 1 aliphatic carbocycles. The third kappa shape index (κ3) is 4.10. The highest BCUT2D eigenvalue weighted by atomic mass is 35.5. The van der Waals surface area contributed by atoms with Crippen LogP contribution in [0.1, 0.15) is 24.8 Å². The van der Waals surface area contributed by atoms with Gasteiger partial charge in [0.25, 0.3) is 0 Å². The van der Waals surface area contributed by atoms with E-state index in [1.807, 2.05) is 13.0 Å². The van der Waals surface area contributed by atoms with E-state index in [9.17, 15) is 8.42 Å². The van der Waals surface area contributed by atoms with Gasteiger partial charge in [-0.1, -0.05) is 12.5 Å². The molecule has 0 bridgehead atoms. The van der Waals surface area contributed by atoms with E-state index in [1.165, 1.54) is 7.11 Å². The fourth-order valence-electron chi connectivity index (χ4n) is 2.73. The van der Waals surface area contributed by atoms with Crippen LogP contribution in [0.25, 0.3) is 0 Å². The van der Waals surface area contributed by atoms with E-state index in [-0.39, 0.29) is 29.3 Å². The van der Waals surface area contributed by atoms with Crippen LogP contribution in [0.4, 0.5) is 0 Å². The second-order valence-electron chi connectivity index (χ2n) is 5.31. The number of halogens is 1. The molecule has 0 amide bonds. The second kappa shape index (κ2) is 7.45. The van der Waals surface area contributed by atoms with Crippen LogP contribution in [0.5, 0.6) is 5.75 Å². The molecule has 2 rings (SSSR count). The van der Waals surface area contributed by atoms with Crippen molar-refractivity contribution in [2.75, 3.05) is 13.7 Å². The smallest absolute Gasteiger partial charge is 0.244 e. The monoisotopic (exact) mass is 334 g/mol. The Morgan fingerprint density at radius 1 is 1.38 bits per heavy atom. The quantitative estimate of drug-likeness (QED) is 0.860. The summed E-state index contributed by atoms with van der Waals surface area (Å²) in [5.74, 6) is 0.589. The standard InChI is InChI=1S/C14H22N2O3S.ClH/c1-10-6-7-13(19-2)14(8-10)20(17,18)16-12-5-3-4-11(12)9-15;/h6-8,11-12,16H,3-5,9,15H2,1-2H3;1H. The van der Waals surface area contributed by atoms with Crippen LogP contribution < -0.4 is 15.2 Å². The molecule has 1 saturated carbocycles. The molecule has 120 valence electrons. The van der Waals surface area contributed by atoms with Gasteiger partial charge in [-0.3, -0.25) is 0 Å². The molecule has 1 fully saturated rings. The Bertz CT molecular complexity index is 578. The Morgan fingerprint density at radius 2 is 2.10 bits per heavy atom. The van der Waals surface area contributed by atoms with Gasteiger partial charge in [-0.15, -0.1) is 12.4 Å². The van der Waals surface area contributed by atoms with Gasteiger partial charge in [0.2, 0.25) is 10.0 Å². The van der Waals surface area contributed by atoms with Crippen LogP contribution in [-0.4, -0.2) is 28.1 Å². The number of sulfonamides is 1. The fourth-order valence-corrected chi connectivity index (χ4v) is 4.32. The summed E-state index contributed by atoms with van der Waals surface area (Å²) in [5, 5.41) is 0. The summed E-state index contributed by atoms with van der Waals surface area (Å²) in [6.07, 6.45) is 2.84. The summed E-state index contributed by atoms with van der Waals surface area (Å²) in [6, 6.07) is 5.07. The van der Waals surface area contributed by atoms with Gasteiger partial charge in [0.1, 0.15) is 10.6 Å². The Balaban J connectivity index is 0.00000220. The number of aryl methyl sites for hydroxylation is 1. The SMILES string of the molecule is COc1ccc(C)cc1S(=O)(=O)NC1CCCC1CN.Cl. The van der Waals surface area contributed by atoms with Crippen molar-refractivity contribution in [1.29, 1.82) is 0 Å². The molecule has 1 aromatic carbocycles. The molecule has 0 saturated heterocycles. The number of nitrogens with two attached hydrogens (primary N) is 1. The summed E-state index contributed by atoms with van der Waals surface area (Å²) >= 11 is 0. The van der Waals surface area contributed by atoms with Gasteiger partial charge in [-0.05, 0) is 49.9 Å². The van der Waals surface area contributed by atoms with E-state index in [2.05, 4.69) is 4.72 Å². The number of benzene rings is 1. The molecule has 0 aromatic heterocycles. The van der Waals surface area contributed by atoms with Crippen LogP contribution in [0.15, 0.2) is 23.1 Å². The molecule has 21 heavy (non-hydrogen) atoms. The molecule has 7 heteroatoms. The molecule has 0 heterocycles. The van der Waals surface area contributed by atoms with Crippen molar-refractivity contribution in [2.24, 2.45) is 11.7 Å². The molecule has 1 aromatic rings. The lowest BCUT2D eigenvalue weighted by Crippen LogP contribution is -2.39. The Labute approximate surface area is 132 Å². The van der Waals surface area contributed by atoms with Crippen LogP contribution in [0.2, 0.25) is 0 Å². The lowest BCUT2D eigenvalue weighted by Gasteiger charge is -2.20. The maximum atomic E-state index is 12.5. The lowest BCUT2D eigenvalue weighted by atomic mass is 10.1. The normalized spacial score (nSPS) is 21.9. The minimum absolute atomic E-state index is 0. The van der Waals surface area contributed by atoms with E-state index in [0.717, 1.165) is 24.8 Å². The predicted molar refractivity (Wildman–Crippen MR) is 85.5 cm³/mol. The average molecular weight is 335 g/mol. The number of hydrogen-bond acceptors (Lipinski definition) is 4. The molecular formula is C14H23ClN2O3S. The Hall–Kier alpha value is -0.820. The van der Waals surface area contributed by atoms with E-state index < -0.39 is 10.0 Å². The lowest BCUT2D eigenvalue weighted by molar-refractivity contribution is 0.400. The highest BCUT2D eigenvalue weighted by Gasteiger charge is 2.31. The molecule has 0 aliphatic heterocycles. The minimum atomic E-state index is -3.58. The zero-order valence-electron chi connectivity index (χ0n) is 12.3. The third-order valence-electron chi connectivity index (χ3n) is 3.88. The number of hydrogen-bond donors (Lipinski definition) is 2. The fraction of sp³-hybridized carbons (Fsp3) is 0.571. The van der Waals surface area contributed by atoms with Crippen molar-refractivity contribution in [1.82, 2.24) is 4.72 Å². The molecule has 0 radical (unpaired) electrons. The van der Waals surface area contributed by atoms with Gasteiger partial charge < -0.3 is 10.5 Å². The van der Waals surface area contributed by atoms with Crippen molar-refractivity contribution in [3.05, 3.63) is 23.8 Å². The maximum absolute atomic E-state index is 12.5. The number of methoxy groups -OCH3 is 1. The first-order chi connectivity index (χ1) is 9.47. The highest BCUT2D eigenvalue weighted by Crippen LogP contribution is 2.29. The predicted octanol–water partition coefficient (Wildman–Crippen LogP) is 1.83. The van der Waals surface area contributed by atoms with Crippen molar-refractivity contribution in [2.45, 2.75) is 37.1 Å². The summed E-state index contributed by atoms with van der Waals surface area (Å²) in [7, 11) is -2.11. The molecule has 0 spiro atoms. The second-order valence-corrected chi connectivity index (χ2v) is 6.99. The largest absolute Gasteiger partial charge is 0.495 e. The maximum Gasteiger partial charge on any atom is 0.244 e. The zero-order chi connectivity index (χ0) is 14.8. The molecular weight excluding hydrogens is 312 g/mol. The Morgan fingerprint density at radius 3 is 2.71 bits per heavy atom. The first-order valence-electron chi connectivity index (χ1n) is 6.85. The van der Waals surface area contributed by atoms with Crippen molar-refractivity contribution in [3.63, 3.8) is 0 Å². The molecule has 2 atom stereocenters. The van der Waals surface area contributed by atoms with Gasteiger partial charge in [0, 0.05) is 6.04 Å². The van der Waals surface area contributed by atoms with E-state index in [4.69, 9.17) is 10.5 Å². The van der Waals surface area contributed by atoms with Gasteiger partial charge in [0.15, 0.2) is 0 Å². The van der Waals surface area contributed by atoms with Crippen LogP contribution in [-0.2, 0) is 10.0 Å². The van der Waals surface area contributed by atoms with Gasteiger partial charge in [0.05, 0.1) is 7.11 Å². The minimum Gasteiger partial charge on any atom is -0.495 e. The zero-order valence-corrected chi connectivity index (χ0v) is 14.0. The van der Waals surface area contributed by atoms with Gasteiger partial charge >= 0.3 is 0 Å². The number of nitrogens with one attached hydrogen (secondary N) is 1. The molecule has 5 nitrogen and oxygen atoms in total. The summed E-state index contributed by atoms with van der Waals surface area (Å²) < 4.78 is 33.0. The average Bonchev–Trinajstić information content (AvgIpc) is 2.85. The first-order valence-corrected chi connectivity index (χ1v) is 8.33. The number of ether oxygens (including phenoxy) is 1. The van der Waals surface area contributed by atoms with Gasteiger partial charge in [-0.2, -0.15) is 0 Å². The van der Waals surface area contributed by atoms with Crippen molar-refractivity contribution < 1.29 is 13.2 Å². The van der Waals surface area contributed by atoms with E-state index in [0.29, 0.717) is 12.3 Å². The molecule has 2 unspecified atom stereocenters. The third-order valence-corrected chi connectivity index (χ3v) is 5.39. The molecule has 3 N–H and O–H groups in total.